The van der Waals surface area contributed by atoms with Crippen LogP contribution in [-0.4, -0.2) is 12.3 Å². The molecule has 0 aliphatic carbocycles. The second-order valence-electron chi connectivity index (χ2n) is 4.01. The van der Waals surface area contributed by atoms with Crippen LogP contribution in [0.25, 0.3) is 0 Å². The van der Waals surface area contributed by atoms with Gasteiger partial charge in [-0.2, -0.15) is 0 Å². The van der Waals surface area contributed by atoms with Gasteiger partial charge in [0.1, 0.15) is 5.78 Å². The van der Waals surface area contributed by atoms with E-state index in [1.807, 2.05) is 13.0 Å². The van der Waals surface area contributed by atoms with Gasteiger partial charge in [-0.1, -0.05) is 36.2 Å². The molecular weight excluding hydrogens is 245 g/mol. The van der Waals surface area contributed by atoms with Crippen LogP contribution in [0, 0.1) is 5.92 Å². The average Bonchev–Trinajstić information content (AvgIpc) is 2.23. The molecule has 1 aromatic rings. The predicted molar refractivity (Wildman–Crippen MR) is 68.0 cm³/mol. The van der Waals surface area contributed by atoms with E-state index in [4.69, 9.17) is 28.9 Å². The van der Waals surface area contributed by atoms with Crippen molar-refractivity contribution >= 4 is 29.0 Å². The first-order valence-corrected chi connectivity index (χ1v) is 5.94. The van der Waals surface area contributed by atoms with E-state index < -0.39 is 0 Å². The van der Waals surface area contributed by atoms with E-state index in [-0.39, 0.29) is 11.7 Å². The summed E-state index contributed by atoms with van der Waals surface area (Å²) in [6.07, 6.45) is 0.901. The minimum Gasteiger partial charge on any atom is -0.330 e. The second kappa shape index (κ2) is 6.24. The first-order chi connectivity index (χ1) is 7.52. The number of ketones is 1. The van der Waals surface area contributed by atoms with E-state index in [1.54, 1.807) is 12.1 Å². The van der Waals surface area contributed by atoms with Crippen molar-refractivity contribution in [2.45, 2.75) is 19.8 Å². The third kappa shape index (κ3) is 4.12. The van der Waals surface area contributed by atoms with Crippen molar-refractivity contribution in [3.63, 3.8) is 0 Å². The number of benzene rings is 1. The van der Waals surface area contributed by atoms with Gasteiger partial charge in [0.15, 0.2) is 0 Å². The van der Waals surface area contributed by atoms with Crippen molar-refractivity contribution in [3.8, 4) is 0 Å². The maximum absolute atomic E-state index is 11.6. The van der Waals surface area contributed by atoms with Crippen LogP contribution in [0.1, 0.15) is 18.9 Å². The summed E-state index contributed by atoms with van der Waals surface area (Å²) in [6.45, 7) is 2.50. The van der Waals surface area contributed by atoms with Crippen LogP contribution in [0.3, 0.4) is 0 Å². The number of rotatable bonds is 5. The van der Waals surface area contributed by atoms with Gasteiger partial charge >= 0.3 is 0 Å². The van der Waals surface area contributed by atoms with Crippen molar-refractivity contribution in [1.82, 2.24) is 0 Å². The lowest BCUT2D eigenvalue weighted by molar-refractivity contribution is -0.119. The molecule has 16 heavy (non-hydrogen) atoms. The number of halogens is 2. The Morgan fingerprint density at radius 2 is 2.06 bits per heavy atom. The van der Waals surface area contributed by atoms with E-state index >= 15 is 0 Å². The monoisotopic (exact) mass is 259 g/mol. The summed E-state index contributed by atoms with van der Waals surface area (Å²) < 4.78 is 0. The van der Waals surface area contributed by atoms with Crippen LogP contribution in [0.5, 0.6) is 0 Å². The topological polar surface area (TPSA) is 43.1 Å². The van der Waals surface area contributed by atoms with Crippen molar-refractivity contribution in [1.29, 1.82) is 0 Å². The first kappa shape index (κ1) is 13.5. The summed E-state index contributed by atoms with van der Waals surface area (Å²) in [7, 11) is 0. The molecule has 0 aliphatic heterocycles. The molecule has 88 valence electrons. The van der Waals surface area contributed by atoms with Gasteiger partial charge in [-0.15, -0.1) is 0 Å². The lowest BCUT2D eigenvalue weighted by Gasteiger charge is -2.07. The van der Waals surface area contributed by atoms with Gasteiger partial charge in [-0.3, -0.25) is 4.79 Å². The van der Waals surface area contributed by atoms with Crippen LogP contribution in [0.4, 0.5) is 0 Å². The minimum atomic E-state index is 0.177. The molecule has 0 heterocycles. The molecule has 0 fully saturated rings. The zero-order chi connectivity index (χ0) is 12.1. The SMILES string of the molecule is CC(CN)CC(=O)Cc1ccc(Cl)c(Cl)c1. The highest BCUT2D eigenvalue weighted by Crippen LogP contribution is 2.23. The highest BCUT2D eigenvalue weighted by Gasteiger charge is 2.09. The third-order valence-corrected chi connectivity index (χ3v) is 3.10. The van der Waals surface area contributed by atoms with Crippen LogP contribution >= 0.6 is 23.2 Å². The lowest BCUT2D eigenvalue weighted by Crippen LogP contribution is -2.16. The Kier molecular flexibility index (Phi) is 5.26. The highest BCUT2D eigenvalue weighted by atomic mass is 35.5. The largest absolute Gasteiger partial charge is 0.330 e. The molecule has 0 radical (unpaired) electrons. The molecule has 4 heteroatoms. The summed E-state index contributed by atoms with van der Waals surface area (Å²) in [5.74, 6) is 0.409. The molecular formula is C12H15Cl2NO. The Bertz CT molecular complexity index is 379. The van der Waals surface area contributed by atoms with E-state index in [0.717, 1.165) is 5.56 Å². The van der Waals surface area contributed by atoms with Gasteiger partial charge < -0.3 is 5.73 Å². The summed E-state index contributed by atoms with van der Waals surface area (Å²) >= 11 is 11.7. The standard InChI is InChI=1S/C12H15Cl2NO/c1-8(7-15)4-10(16)5-9-2-3-11(13)12(14)6-9/h2-3,6,8H,4-5,7,15H2,1H3. The number of Topliss-reactive ketones (excluding diaryl/α,β-unsaturated/α-hetero) is 1. The van der Waals surface area contributed by atoms with Gasteiger partial charge in [0.2, 0.25) is 0 Å². The highest BCUT2D eigenvalue weighted by molar-refractivity contribution is 6.42. The first-order valence-electron chi connectivity index (χ1n) is 5.18. The van der Waals surface area contributed by atoms with E-state index in [0.29, 0.717) is 29.4 Å². The molecule has 0 saturated heterocycles. The summed E-state index contributed by atoms with van der Waals surface area (Å²) in [6, 6.07) is 5.26. The van der Waals surface area contributed by atoms with Crippen molar-refractivity contribution in [2.75, 3.05) is 6.54 Å². The molecule has 0 amide bonds. The van der Waals surface area contributed by atoms with Crippen molar-refractivity contribution < 1.29 is 4.79 Å². The second-order valence-corrected chi connectivity index (χ2v) is 4.82. The summed E-state index contributed by atoms with van der Waals surface area (Å²) in [5, 5.41) is 0.993. The Morgan fingerprint density at radius 1 is 1.38 bits per heavy atom. The fourth-order valence-electron chi connectivity index (χ4n) is 1.42. The third-order valence-electron chi connectivity index (χ3n) is 2.36. The Balaban J connectivity index is 2.59. The fraction of sp³-hybridized carbons (Fsp3) is 0.417. The zero-order valence-corrected chi connectivity index (χ0v) is 10.7. The summed E-state index contributed by atoms with van der Waals surface area (Å²) in [4.78, 5) is 11.6. The number of carbonyl (C=O) groups excluding carboxylic acids is 1. The molecule has 1 aromatic carbocycles. The Hall–Kier alpha value is -0.570. The van der Waals surface area contributed by atoms with Crippen molar-refractivity contribution in [2.24, 2.45) is 11.7 Å². The molecule has 2 N–H and O–H groups in total. The van der Waals surface area contributed by atoms with Gasteiger partial charge in [0, 0.05) is 12.8 Å². The van der Waals surface area contributed by atoms with Crippen LogP contribution < -0.4 is 5.73 Å². The lowest BCUT2D eigenvalue weighted by atomic mass is 10.00. The molecule has 1 rings (SSSR count). The zero-order valence-electron chi connectivity index (χ0n) is 9.17. The van der Waals surface area contributed by atoms with Crippen molar-refractivity contribution in [3.05, 3.63) is 33.8 Å². The number of hydrogen-bond donors (Lipinski definition) is 1. The Morgan fingerprint density at radius 3 is 2.62 bits per heavy atom. The molecule has 1 atom stereocenters. The molecule has 1 unspecified atom stereocenters. The normalized spacial score (nSPS) is 12.5. The number of carbonyl (C=O) groups is 1. The summed E-state index contributed by atoms with van der Waals surface area (Å²) in [5.41, 5.74) is 6.36. The minimum absolute atomic E-state index is 0.177. The Labute approximate surface area is 106 Å². The van der Waals surface area contributed by atoms with Gasteiger partial charge in [0.05, 0.1) is 10.0 Å². The number of hydrogen-bond acceptors (Lipinski definition) is 2. The quantitative estimate of drug-likeness (QED) is 0.884. The molecule has 2 nitrogen and oxygen atoms in total. The smallest absolute Gasteiger partial charge is 0.137 e. The predicted octanol–water partition coefficient (Wildman–Crippen LogP) is 3.09. The molecule has 0 aliphatic rings. The van der Waals surface area contributed by atoms with E-state index in [1.165, 1.54) is 0 Å². The van der Waals surface area contributed by atoms with Crippen LogP contribution in [0.15, 0.2) is 18.2 Å². The molecule has 0 aromatic heterocycles. The molecule has 0 spiro atoms. The average molecular weight is 260 g/mol. The van der Waals surface area contributed by atoms with Gasteiger partial charge in [-0.05, 0) is 30.2 Å². The van der Waals surface area contributed by atoms with Crippen LogP contribution in [0.2, 0.25) is 10.0 Å². The maximum atomic E-state index is 11.6. The number of nitrogens with two attached hydrogens (primary N) is 1. The molecule has 0 saturated carbocycles. The molecule has 0 bridgehead atoms. The van der Waals surface area contributed by atoms with Crippen LogP contribution in [-0.2, 0) is 11.2 Å². The van der Waals surface area contributed by atoms with E-state index in [9.17, 15) is 4.79 Å². The fourth-order valence-corrected chi connectivity index (χ4v) is 1.74. The van der Waals surface area contributed by atoms with E-state index in [2.05, 4.69) is 0 Å². The van der Waals surface area contributed by atoms with Gasteiger partial charge in [-0.25, -0.2) is 0 Å². The maximum Gasteiger partial charge on any atom is 0.137 e. The van der Waals surface area contributed by atoms with Gasteiger partial charge in [0.25, 0.3) is 0 Å².